The van der Waals surface area contributed by atoms with E-state index in [1.165, 1.54) is 0 Å². The number of hydroxylamine groups is 1. The summed E-state index contributed by atoms with van der Waals surface area (Å²) in [6.07, 6.45) is 0. The second-order valence-electron chi connectivity index (χ2n) is 2.49. The van der Waals surface area contributed by atoms with E-state index in [0.717, 1.165) is 15.1 Å². The summed E-state index contributed by atoms with van der Waals surface area (Å²) >= 11 is 9.27. The average molecular weight is 265 g/mol. The van der Waals surface area contributed by atoms with Gasteiger partial charge >= 0.3 is 0 Å². The van der Waals surface area contributed by atoms with Gasteiger partial charge in [-0.05, 0) is 30.7 Å². The summed E-state index contributed by atoms with van der Waals surface area (Å²) in [6.45, 7) is 3.23. The molecule has 0 spiro atoms. The molecule has 1 aromatic rings. The van der Waals surface area contributed by atoms with Crippen LogP contribution in [0.2, 0.25) is 5.02 Å². The molecule has 0 heterocycles. The molecule has 0 amide bonds. The van der Waals surface area contributed by atoms with Crippen LogP contribution in [0.25, 0.3) is 0 Å². The maximum atomic E-state index is 5.84. The van der Waals surface area contributed by atoms with Gasteiger partial charge in [0, 0.05) is 16.0 Å². The Morgan fingerprint density at radius 1 is 1.54 bits per heavy atom. The fraction of sp³-hybridized carbons (Fsp3) is 0.333. The SMILES string of the molecule is CCONCc1cc(Cl)ccc1Br. The van der Waals surface area contributed by atoms with Gasteiger partial charge < -0.3 is 4.84 Å². The highest BCUT2D eigenvalue weighted by Gasteiger charge is 1.99. The van der Waals surface area contributed by atoms with E-state index in [2.05, 4.69) is 21.4 Å². The Bertz CT molecular complexity index is 280. The first kappa shape index (κ1) is 11.0. The van der Waals surface area contributed by atoms with E-state index in [1.807, 2.05) is 25.1 Å². The lowest BCUT2D eigenvalue weighted by Crippen LogP contribution is -2.13. The molecule has 1 aromatic carbocycles. The Morgan fingerprint density at radius 2 is 2.31 bits per heavy atom. The zero-order valence-electron chi connectivity index (χ0n) is 7.31. The summed E-state index contributed by atoms with van der Waals surface area (Å²) in [4.78, 5) is 5.02. The fourth-order valence-corrected chi connectivity index (χ4v) is 1.49. The number of nitrogens with one attached hydrogen (secondary N) is 1. The second kappa shape index (κ2) is 5.60. The van der Waals surface area contributed by atoms with Gasteiger partial charge in [0.05, 0.1) is 6.61 Å². The van der Waals surface area contributed by atoms with E-state index >= 15 is 0 Å². The molecule has 0 atom stereocenters. The summed E-state index contributed by atoms with van der Waals surface area (Å²) in [7, 11) is 0. The van der Waals surface area contributed by atoms with Crippen molar-refractivity contribution in [2.45, 2.75) is 13.5 Å². The van der Waals surface area contributed by atoms with E-state index in [4.69, 9.17) is 16.4 Å². The van der Waals surface area contributed by atoms with Gasteiger partial charge in [-0.1, -0.05) is 27.5 Å². The molecule has 0 aliphatic carbocycles. The van der Waals surface area contributed by atoms with Crippen molar-refractivity contribution in [1.29, 1.82) is 0 Å². The predicted molar refractivity (Wildman–Crippen MR) is 57.6 cm³/mol. The van der Waals surface area contributed by atoms with Crippen molar-refractivity contribution in [3.63, 3.8) is 0 Å². The largest absolute Gasteiger partial charge is 0.302 e. The van der Waals surface area contributed by atoms with Crippen LogP contribution in [0.1, 0.15) is 12.5 Å². The summed E-state index contributed by atoms with van der Waals surface area (Å²) in [6, 6.07) is 5.67. The smallest absolute Gasteiger partial charge is 0.0654 e. The first-order valence-corrected chi connectivity index (χ1v) is 5.19. The van der Waals surface area contributed by atoms with Crippen molar-refractivity contribution in [1.82, 2.24) is 5.48 Å². The molecule has 0 saturated carbocycles. The van der Waals surface area contributed by atoms with Crippen molar-refractivity contribution < 1.29 is 4.84 Å². The van der Waals surface area contributed by atoms with E-state index in [-0.39, 0.29) is 0 Å². The van der Waals surface area contributed by atoms with Gasteiger partial charge in [0.2, 0.25) is 0 Å². The van der Waals surface area contributed by atoms with Crippen LogP contribution in [0.5, 0.6) is 0 Å². The number of benzene rings is 1. The fourth-order valence-electron chi connectivity index (χ4n) is 0.910. The topological polar surface area (TPSA) is 21.3 Å². The van der Waals surface area contributed by atoms with E-state index < -0.39 is 0 Å². The van der Waals surface area contributed by atoms with Crippen molar-refractivity contribution in [2.24, 2.45) is 0 Å². The quantitative estimate of drug-likeness (QED) is 0.666. The average Bonchev–Trinajstić information content (AvgIpc) is 2.11. The third-order valence-electron chi connectivity index (χ3n) is 1.52. The molecule has 4 heteroatoms. The van der Waals surface area contributed by atoms with Crippen LogP contribution in [0.3, 0.4) is 0 Å². The summed E-state index contributed by atoms with van der Waals surface area (Å²) in [5.74, 6) is 0. The molecular formula is C9H11BrClNO. The minimum Gasteiger partial charge on any atom is -0.302 e. The van der Waals surface area contributed by atoms with Crippen molar-refractivity contribution in [3.8, 4) is 0 Å². The van der Waals surface area contributed by atoms with Crippen LogP contribution in [0.4, 0.5) is 0 Å². The standard InChI is InChI=1S/C9H11BrClNO/c1-2-13-12-6-7-5-8(11)3-4-9(7)10/h3-5,12H,2,6H2,1H3. The highest BCUT2D eigenvalue weighted by Crippen LogP contribution is 2.20. The molecule has 2 nitrogen and oxygen atoms in total. The highest BCUT2D eigenvalue weighted by atomic mass is 79.9. The number of hydrogen-bond acceptors (Lipinski definition) is 2. The van der Waals surface area contributed by atoms with Crippen molar-refractivity contribution >= 4 is 27.5 Å². The zero-order chi connectivity index (χ0) is 9.68. The molecule has 0 unspecified atom stereocenters. The molecule has 0 aliphatic rings. The Labute approximate surface area is 91.3 Å². The number of halogens is 2. The molecule has 0 fully saturated rings. The first-order chi connectivity index (χ1) is 6.24. The zero-order valence-corrected chi connectivity index (χ0v) is 9.65. The van der Waals surface area contributed by atoms with Crippen LogP contribution >= 0.6 is 27.5 Å². The minimum absolute atomic E-state index is 0.648. The molecule has 0 bridgehead atoms. The molecular weight excluding hydrogens is 253 g/mol. The normalized spacial score (nSPS) is 10.4. The van der Waals surface area contributed by atoms with E-state index in [9.17, 15) is 0 Å². The van der Waals surface area contributed by atoms with Gasteiger partial charge in [0.1, 0.15) is 0 Å². The lowest BCUT2D eigenvalue weighted by atomic mass is 10.2. The molecule has 13 heavy (non-hydrogen) atoms. The van der Waals surface area contributed by atoms with E-state index in [1.54, 1.807) is 0 Å². The maximum Gasteiger partial charge on any atom is 0.0654 e. The lowest BCUT2D eigenvalue weighted by Gasteiger charge is -2.06. The molecule has 72 valence electrons. The van der Waals surface area contributed by atoms with Crippen LogP contribution in [-0.4, -0.2) is 6.61 Å². The monoisotopic (exact) mass is 263 g/mol. The Morgan fingerprint density at radius 3 is 3.00 bits per heavy atom. The van der Waals surface area contributed by atoms with Crippen molar-refractivity contribution in [3.05, 3.63) is 33.3 Å². The summed E-state index contributed by atoms with van der Waals surface area (Å²) in [5, 5.41) is 0.733. The van der Waals surface area contributed by atoms with Crippen molar-refractivity contribution in [2.75, 3.05) is 6.61 Å². The molecule has 0 radical (unpaired) electrons. The molecule has 0 saturated heterocycles. The molecule has 0 aromatic heterocycles. The van der Waals surface area contributed by atoms with Gasteiger partial charge in [-0.3, -0.25) is 0 Å². The van der Waals surface area contributed by atoms with Crippen LogP contribution in [-0.2, 0) is 11.4 Å². The van der Waals surface area contributed by atoms with Crippen LogP contribution in [0.15, 0.2) is 22.7 Å². The number of hydrogen-bond donors (Lipinski definition) is 1. The maximum absolute atomic E-state index is 5.84. The second-order valence-corrected chi connectivity index (χ2v) is 3.78. The Kier molecular flexibility index (Phi) is 4.73. The minimum atomic E-state index is 0.648. The molecule has 0 aliphatic heterocycles. The summed E-state index contributed by atoms with van der Waals surface area (Å²) in [5.41, 5.74) is 3.91. The third kappa shape index (κ3) is 3.65. The van der Waals surface area contributed by atoms with Gasteiger partial charge in [-0.15, -0.1) is 0 Å². The van der Waals surface area contributed by atoms with E-state index in [0.29, 0.717) is 13.2 Å². The van der Waals surface area contributed by atoms with Gasteiger partial charge in [0.15, 0.2) is 0 Å². The van der Waals surface area contributed by atoms with Gasteiger partial charge in [-0.25, -0.2) is 0 Å². The predicted octanol–water partition coefficient (Wildman–Crippen LogP) is 3.14. The highest BCUT2D eigenvalue weighted by molar-refractivity contribution is 9.10. The number of rotatable bonds is 4. The molecule has 1 rings (SSSR count). The van der Waals surface area contributed by atoms with Crippen LogP contribution < -0.4 is 5.48 Å². The summed E-state index contributed by atoms with van der Waals surface area (Å²) < 4.78 is 1.03. The Hall–Kier alpha value is -0.0900. The first-order valence-electron chi connectivity index (χ1n) is 4.02. The van der Waals surface area contributed by atoms with Crippen LogP contribution in [0, 0.1) is 0 Å². The van der Waals surface area contributed by atoms with Gasteiger partial charge in [0.25, 0.3) is 0 Å². The lowest BCUT2D eigenvalue weighted by molar-refractivity contribution is 0.0462. The Balaban J connectivity index is 2.59. The molecule has 1 N–H and O–H groups in total. The van der Waals surface area contributed by atoms with Gasteiger partial charge in [-0.2, -0.15) is 5.48 Å². The third-order valence-corrected chi connectivity index (χ3v) is 2.53.